The van der Waals surface area contributed by atoms with Gasteiger partial charge in [-0.2, -0.15) is 0 Å². The van der Waals surface area contributed by atoms with E-state index < -0.39 is 6.09 Å². The van der Waals surface area contributed by atoms with Gasteiger partial charge in [0, 0.05) is 5.69 Å². The maximum atomic E-state index is 11.2. The molecule has 3 heteroatoms. The first-order chi connectivity index (χ1) is 7.22. The monoisotopic (exact) mass is 205 g/mol. The minimum atomic E-state index is -0.430. The van der Waals surface area contributed by atoms with E-state index >= 15 is 0 Å². The molecular formula is C12H15NO2. The predicted octanol–water partition coefficient (Wildman–Crippen LogP) is 3.12. The molecule has 0 aromatic heterocycles. The number of amides is 1. The minimum absolute atomic E-state index is 0.362. The summed E-state index contributed by atoms with van der Waals surface area (Å²) in [6, 6.07) is 7.53. The number of hydrogen-bond acceptors (Lipinski definition) is 2. The van der Waals surface area contributed by atoms with Crippen LogP contribution in [0.3, 0.4) is 0 Å². The zero-order chi connectivity index (χ0) is 11.1. The van der Waals surface area contributed by atoms with E-state index in [1.165, 1.54) is 0 Å². The Morgan fingerprint density at radius 3 is 2.73 bits per heavy atom. The van der Waals surface area contributed by atoms with Gasteiger partial charge in [0.05, 0.1) is 6.61 Å². The molecule has 0 bridgehead atoms. The van der Waals surface area contributed by atoms with Crippen molar-refractivity contribution in [2.24, 2.45) is 0 Å². The van der Waals surface area contributed by atoms with Gasteiger partial charge in [-0.1, -0.05) is 23.8 Å². The Labute approximate surface area is 89.8 Å². The number of rotatable bonds is 4. The molecule has 0 spiro atoms. The van der Waals surface area contributed by atoms with Crippen LogP contribution in [0.5, 0.6) is 0 Å². The number of aryl methyl sites for hydroxylation is 1. The number of benzene rings is 1. The number of ether oxygens (including phenoxy) is 1. The number of carbonyl (C=O) groups is 1. The van der Waals surface area contributed by atoms with Crippen molar-refractivity contribution in [3.8, 4) is 0 Å². The first kappa shape index (κ1) is 11.3. The molecule has 3 nitrogen and oxygen atoms in total. The maximum absolute atomic E-state index is 11.2. The van der Waals surface area contributed by atoms with Crippen molar-refractivity contribution in [2.75, 3.05) is 11.9 Å². The minimum Gasteiger partial charge on any atom is -0.449 e. The molecule has 0 heterocycles. The number of hydrogen-bond donors (Lipinski definition) is 1. The molecule has 1 amide bonds. The fourth-order valence-corrected chi connectivity index (χ4v) is 1.03. The molecule has 1 N–H and O–H groups in total. The molecule has 0 saturated heterocycles. The summed E-state index contributed by atoms with van der Waals surface area (Å²) in [7, 11) is 0. The van der Waals surface area contributed by atoms with Crippen molar-refractivity contribution < 1.29 is 9.53 Å². The Kier molecular flexibility index (Phi) is 4.41. The SMILES string of the molecule is C=CCCOC(=O)Nc1ccc(C)cc1. The van der Waals surface area contributed by atoms with Gasteiger partial charge in [-0.05, 0) is 25.5 Å². The Hall–Kier alpha value is -1.77. The number of nitrogens with one attached hydrogen (secondary N) is 1. The zero-order valence-corrected chi connectivity index (χ0v) is 8.82. The lowest BCUT2D eigenvalue weighted by Gasteiger charge is -2.05. The largest absolute Gasteiger partial charge is 0.449 e. The summed E-state index contributed by atoms with van der Waals surface area (Å²) in [6.45, 7) is 5.89. The van der Waals surface area contributed by atoms with Gasteiger partial charge in [-0.3, -0.25) is 5.32 Å². The molecular weight excluding hydrogens is 190 g/mol. The van der Waals surface area contributed by atoms with Gasteiger partial charge in [0.25, 0.3) is 0 Å². The van der Waals surface area contributed by atoms with Crippen molar-refractivity contribution in [1.82, 2.24) is 0 Å². The highest BCUT2D eigenvalue weighted by atomic mass is 16.5. The highest BCUT2D eigenvalue weighted by Crippen LogP contribution is 2.08. The van der Waals surface area contributed by atoms with Crippen LogP contribution in [-0.4, -0.2) is 12.7 Å². The van der Waals surface area contributed by atoms with Gasteiger partial charge in [-0.15, -0.1) is 6.58 Å². The molecule has 1 aromatic carbocycles. The molecule has 0 radical (unpaired) electrons. The van der Waals surface area contributed by atoms with Crippen molar-refractivity contribution in [1.29, 1.82) is 0 Å². The third kappa shape index (κ3) is 4.31. The maximum Gasteiger partial charge on any atom is 0.411 e. The standard InChI is InChI=1S/C12H15NO2/c1-3-4-9-15-12(14)13-11-7-5-10(2)6-8-11/h3,5-8H,1,4,9H2,2H3,(H,13,14). The molecule has 0 unspecified atom stereocenters. The molecule has 0 atom stereocenters. The number of carbonyl (C=O) groups excluding carboxylic acids is 1. The average Bonchev–Trinajstić information content (AvgIpc) is 2.22. The van der Waals surface area contributed by atoms with E-state index in [1.807, 2.05) is 31.2 Å². The van der Waals surface area contributed by atoms with Gasteiger partial charge < -0.3 is 4.74 Å². The highest BCUT2D eigenvalue weighted by molar-refractivity contribution is 5.84. The summed E-state index contributed by atoms with van der Waals surface area (Å²) in [5.74, 6) is 0. The molecule has 0 aliphatic rings. The van der Waals surface area contributed by atoms with E-state index in [-0.39, 0.29) is 0 Å². The summed E-state index contributed by atoms with van der Waals surface area (Å²) in [5, 5.41) is 2.63. The zero-order valence-electron chi connectivity index (χ0n) is 8.82. The Balaban J connectivity index is 2.37. The Morgan fingerprint density at radius 1 is 1.47 bits per heavy atom. The molecule has 0 saturated carbocycles. The van der Waals surface area contributed by atoms with E-state index in [4.69, 9.17) is 4.74 Å². The molecule has 1 aromatic rings. The van der Waals surface area contributed by atoms with E-state index in [0.29, 0.717) is 13.0 Å². The number of anilines is 1. The van der Waals surface area contributed by atoms with Crippen LogP contribution in [0.15, 0.2) is 36.9 Å². The summed E-state index contributed by atoms with van der Waals surface area (Å²) >= 11 is 0. The van der Waals surface area contributed by atoms with Crippen LogP contribution in [0.25, 0.3) is 0 Å². The first-order valence-corrected chi connectivity index (χ1v) is 4.83. The Morgan fingerprint density at radius 2 is 2.13 bits per heavy atom. The van der Waals surface area contributed by atoms with Gasteiger partial charge in [0.2, 0.25) is 0 Å². The topological polar surface area (TPSA) is 38.3 Å². The van der Waals surface area contributed by atoms with Crippen LogP contribution in [-0.2, 0) is 4.74 Å². The van der Waals surface area contributed by atoms with Gasteiger partial charge in [0.15, 0.2) is 0 Å². The smallest absolute Gasteiger partial charge is 0.411 e. The van der Waals surface area contributed by atoms with E-state index in [1.54, 1.807) is 6.08 Å². The van der Waals surface area contributed by atoms with Crippen LogP contribution in [0.4, 0.5) is 10.5 Å². The van der Waals surface area contributed by atoms with Crippen molar-refractivity contribution in [2.45, 2.75) is 13.3 Å². The fraction of sp³-hybridized carbons (Fsp3) is 0.250. The Bertz CT molecular complexity index is 330. The van der Waals surface area contributed by atoms with Crippen LogP contribution in [0.1, 0.15) is 12.0 Å². The summed E-state index contributed by atoms with van der Waals surface area (Å²) in [5.41, 5.74) is 1.89. The lowest BCUT2D eigenvalue weighted by molar-refractivity contribution is 0.164. The quantitative estimate of drug-likeness (QED) is 0.605. The van der Waals surface area contributed by atoms with Gasteiger partial charge in [-0.25, -0.2) is 4.79 Å². The van der Waals surface area contributed by atoms with Gasteiger partial charge >= 0.3 is 6.09 Å². The fourth-order valence-electron chi connectivity index (χ4n) is 1.03. The third-order valence-corrected chi connectivity index (χ3v) is 1.85. The predicted molar refractivity (Wildman–Crippen MR) is 61.0 cm³/mol. The van der Waals surface area contributed by atoms with Crippen LogP contribution >= 0.6 is 0 Å². The summed E-state index contributed by atoms with van der Waals surface area (Å²) in [4.78, 5) is 11.2. The third-order valence-electron chi connectivity index (χ3n) is 1.85. The average molecular weight is 205 g/mol. The lowest BCUT2D eigenvalue weighted by atomic mass is 10.2. The van der Waals surface area contributed by atoms with E-state index in [0.717, 1.165) is 11.3 Å². The molecule has 80 valence electrons. The molecule has 0 fully saturated rings. The van der Waals surface area contributed by atoms with E-state index in [9.17, 15) is 4.79 Å². The molecule has 0 aliphatic carbocycles. The molecule has 15 heavy (non-hydrogen) atoms. The van der Waals surface area contributed by atoms with Gasteiger partial charge in [0.1, 0.15) is 0 Å². The second-order valence-corrected chi connectivity index (χ2v) is 3.20. The van der Waals surface area contributed by atoms with Crippen LogP contribution in [0.2, 0.25) is 0 Å². The van der Waals surface area contributed by atoms with Crippen molar-refractivity contribution >= 4 is 11.8 Å². The van der Waals surface area contributed by atoms with Crippen LogP contribution in [0, 0.1) is 6.92 Å². The highest BCUT2D eigenvalue weighted by Gasteiger charge is 2.01. The molecule has 1 rings (SSSR count). The normalized spacial score (nSPS) is 9.40. The summed E-state index contributed by atoms with van der Waals surface area (Å²) in [6.07, 6.45) is 1.95. The second-order valence-electron chi connectivity index (χ2n) is 3.20. The van der Waals surface area contributed by atoms with Crippen molar-refractivity contribution in [3.05, 3.63) is 42.5 Å². The second kappa shape index (κ2) is 5.86. The first-order valence-electron chi connectivity index (χ1n) is 4.83. The van der Waals surface area contributed by atoms with Crippen molar-refractivity contribution in [3.63, 3.8) is 0 Å². The lowest BCUT2D eigenvalue weighted by Crippen LogP contribution is -2.13. The van der Waals surface area contributed by atoms with E-state index in [2.05, 4.69) is 11.9 Å². The van der Waals surface area contributed by atoms with Crippen LogP contribution < -0.4 is 5.32 Å². The summed E-state index contributed by atoms with van der Waals surface area (Å²) < 4.78 is 4.90. The molecule has 0 aliphatic heterocycles.